The van der Waals surface area contributed by atoms with Crippen molar-refractivity contribution in [2.45, 2.75) is 19.8 Å². The van der Waals surface area contributed by atoms with Gasteiger partial charge in [-0.2, -0.15) is 0 Å². The van der Waals surface area contributed by atoms with Crippen molar-refractivity contribution in [2.24, 2.45) is 0 Å². The topological polar surface area (TPSA) is 66.9 Å². The molecule has 1 amide bonds. The Morgan fingerprint density at radius 2 is 1.95 bits per heavy atom. The maximum atomic E-state index is 11.8. The lowest BCUT2D eigenvalue weighted by molar-refractivity contribution is 0.0948. The van der Waals surface area contributed by atoms with Crippen LogP contribution in [-0.2, 0) is 6.42 Å². The lowest BCUT2D eigenvalue weighted by Crippen LogP contribution is -2.25. The number of nitrogens with zero attached hydrogens (tertiary/aromatic N) is 2. The van der Waals surface area contributed by atoms with Crippen LogP contribution in [0.4, 0.5) is 5.95 Å². The zero-order valence-electron chi connectivity index (χ0n) is 12.2. The Hall–Kier alpha value is -2.43. The van der Waals surface area contributed by atoms with E-state index < -0.39 is 0 Å². The van der Waals surface area contributed by atoms with E-state index in [1.54, 1.807) is 12.3 Å². The lowest BCUT2D eigenvalue weighted by Gasteiger charge is -2.07. The third-order valence-electron chi connectivity index (χ3n) is 2.96. The minimum Gasteiger partial charge on any atom is -0.354 e. The lowest BCUT2D eigenvalue weighted by atomic mass is 10.1. The average molecular weight is 284 g/mol. The van der Waals surface area contributed by atoms with Gasteiger partial charge in [-0.15, -0.1) is 0 Å². The number of carbonyl (C=O) groups excluding carboxylic acids is 1. The molecule has 2 rings (SSSR count). The molecule has 0 spiro atoms. The summed E-state index contributed by atoms with van der Waals surface area (Å²) in [6, 6.07) is 11.8. The Balaban J connectivity index is 1.87. The Bertz CT molecular complexity index is 571. The minimum absolute atomic E-state index is 0.162. The predicted molar refractivity (Wildman–Crippen MR) is 83.3 cm³/mol. The molecule has 0 aliphatic rings. The van der Waals surface area contributed by atoms with Gasteiger partial charge in [0, 0.05) is 19.3 Å². The maximum Gasteiger partial charge on any atom is 0.270 e. The van der Waals surface area contributed by atoms with Crippen LogP contribution in [0.15, 0.2) is 42.6 Å². The van der Waals surface area contributed by atoms with Gasteiger partial charge >= 0.3 is 0 Å². The number of hydrogen-bond acceptors (Lipinski definition) is 4. The fraction of sp³-hybridized carbons (Fsp3) is 0.312. The zero-order valence-corrected chi connectivity index (χ0v) is 12.2. The number of nitrogens with one attached hydrogen (secondary N) is 2. The first-order valence-corrected chi connectivity index (χ1v) is 7.18. The highest BCUT2D eigenvalue weighted by Gasteiger charge is 2.07. The fourth-order valence-electron chi connectivity index (χ4n) is 1.86. The van der Waals surface area contributed by atoms with Crippen molar-refractivity contribution < 1.29 is 4.79 Å². The molecule has 0 bridgehead atoms. The first kappa shape index (κ1) is 15.0. The predicted octanol–water partition coefficient (Wildman–Crippen LogP) is 2.27. The second-order valence-corrected chi connectivity index (χ2v) is 4.68. The standard InChI is InChI=1S/C16H20N4O/c1-2-10-17-15(21)14-9-12-19-16(20-14)18-11-8-13-6-4-3-5-7-13/h3-7,9,12H,2,8,10-11H2,1H3,(H,17,21)(H,18,19,20). The highest BCUT2D eigenvalue weighted by Crippen LogP contribution is 2.03. The number of rotatable bonds is 7. The van der Waals surface area contributed by atoms with Crippen LogP contribution in [0.5, 0.6) is 0 Å². The number of benzene rings is 1. The normalized spacial score (nSPS) is 10.1. The molecule has 0 saturated carbocycles. The van der Waals surface area contributed by atoms with Gasteiger partial charge in [-0.1, -0.05) is 37.3 Å². The van der Waals surface area contributed by atoms with Gasteiger partial charge in [0.15, 0.2) is 0 Å². The van der Waals surface area contributed by atoms with Crippen LogP contribution in [0.2, 0.25) is 0 Å². The summed E-state index contributed by atoms with van der Waals surface area (Å²) in [5.74, 6) is 0.320. The monoisotopic (exact) mass is 284 g/mol. The van der Waals surface area contributed by atoms with Crippen LogP contribution in [0.1, 0.15) is 29.4 Å². The summed E-state index contributed by atoms with van der Waals surface area (Å²) < 4.78 is 0. The fourth-order valence-corrected chi connectivity index (χ4v) is 1.86. The summed E-state index contributed by atoms with van der Waals surface area (Å²) in [6.45, 7) is 3.39. The van der Waals surface area contributed by atoms with Crippen LogP contribution in [0.25, 0.3) is 0 Å². The van der Waals surface area contributed by atoms with Crippen molar-refractivity contribution in [3.8, 4) is 0 Å². The molecule has 0 fully saturated rings. The van der Waals surface area contributed by atoms with Crippen LogP contribution in [0.3, 0.4) is 0 Å². The van der Waals surface area contributed by atoms with E-state index in [1.807, 2.05) is 25.1 Å². The van der Waals surface area contributed by atoms with Gasteiger partial charge in [-0.25, -0.2) is 9.97 Å². The van der Waals surface area contributed by atoms with Gasteiger partial charge in [-0.05, 0) is 24.5 Å². The third kappa shape index (κ3) is 4.87. The summed E-state index contributed by atoms with van der Waals surface area (Å²) >= 11 is 0. The van der Waals surface area contributed by atoms with Crippen LogP contribution in [0, 0.1) is 0 Å². The van der Waals surface area contributed by atoms with Crippen LogP contribution >= 0.6 is 0 Å². The third-order valence-corrected chi connectivity index (χ3v) is 2.96. The number of anilines is 1. The highest BCUT2D eigenvalue weighted by molar-refractivity contribution is 5.92. The SMILES string of the molecule is CCCNC(=O)c1ccnc(NCCc2ccccc2)n1. The quantitative estimate of drug-likeness (QED) is 0.818. The van der Waals surface area contributed by atoms with Crippen molar-refractivity contribution >= 4 is 11.9 Å². The second-order valence-electron chi connectivity index (χ2n) is 4.68. The number of carbonyl (C=O) groups is 1. The van der Waals surface area contributed by atoms with Crippen LogP contribution < -0.4 is 10.6 Å². The van der Waals surface area contributed by atoms with E-state index in [-0.39, 0.29) is 5.91 Å². The molecule has 1 aromatic heterocycles. The molecule has 21 heavy (non-hydrogen) atoms. The van der Waals surface area contributed by atoms with Gasteiger partial charge in [0.05, 0.1) is 0 Å². The molecular formula is C16H20N4O. The average Bonchev–Trinajstić information content (AvgIpc) is 2.54. The maximum absolute atomic E-state index is 11.8. The molecule has 0 aliphatic carbocycles. The highest BCUT2D eigenvalue weighted by atomic mass is 16.1. The first-order chi connectivity index (χ1) is 10.3. The molecule has 5 nitrogen and oxygen atoms in total. The van der Waals surface area contributed by atoms with Crippen molar-refractivity contribution in [2.75, 3.05) is 18.4 Å². The van der Waals surface area contributed by atoms with Crippen molar-refractivity contribution in [3.05, 3.63) is 53.9 Å². The molecule has 0 saturated heterocycles. The van der Waals surface area contributed by atoms with E-state index in [0.717, 1.165) is 19.4 Å². The zero-order chi connectivity index (χ0) is 14.9. The number of amides is 1. The van der Waals surface area contributed by atoms with Gasteiger partial charge in [0.2, 0.25) is 5.95 Å². The largest absolute Gasteiger partial charge is 0.354 e. The Morgan fingerprint density at radius 3 is 2.71 bits per heavy atom. The van der Waals surface area contributed by atoms with Crippen molar-refractivity contribution in [3.63, 3.8) is 0 Å². The van der Waals surface area contributed by atoms with Crippen molar-refractivity contribution in [1.29, 1.82) is 0 Å². The summed E-state index contributed by atoms with van der Waals surface area (Å²) in [4.78, 5) is 20.2. The molecule has 0 atom stereocenters. The molecule has 110 valence electrons. The summed E-state index contributed by atoms with van der Waals surface area (Å²) in [6.07, 6.45) is 3.38. The Morgan fingerprint density at radius 1 is 1.14 bits per heavy atom. The first-order valence-electron chi connectivity index (χ1n) is 7.18. The van der Waals surface area contributed by atoms with E-state index in [2.05, 4.69) is 32.7 Å². The number of hydrogen-bond donors (Lipinski definition) is 2. The molecule has 2 aromatic rings. The van der Waals surface area contributed by atoms with E-state index in [1.165, 1.54) is 5.56 Å². The van der Waals surface area contributed by atoms with Crippen molar-refractivity contribution in [1.82, 2.24) is 15.3 Å². The molecule has 0 radical (unpaired) electrons. The van der Waals surface area contributed by atoms with E-state index >= 15 is 0 Å². The Kier molecular flexibility index (Phi) is 5.70. The minimum atomic E-state index is -0.162. The molecule has 0 unspecified atom stereocenters. The van der Waals surface area contributed by atoms with E-state index in [4.69, 9.17) is 0 Å². The number of aromatic nitrogens is 2. The van der Waals surface area contributed by atoms with Gasteiger partial charge < -0.3 is 10.6 Å². The molecule has 2 N–H and O–H groups in total. The van der Waals surface area contributed by atoms with Gasteiger partial charge in [-0.3, -0.25) is 4.79 Å². The molecule has 1 heterocycles. The van der Waals surface area contributed by atoms with Gasteiger partial charge in [0.25, 0.3) is 5.91 Å². The summed E-state index contributed by atoms with van der Waals surface area (Å²) in [5.41, 5.74) is 1.64. The van der Waals surface area contributed by atoms with Crippen LogP contribution in [-0.4, -0.2) is 29.0 Å². The van der Waals surface area contributed by atoms with E-state index in [0.29, 0.717) is 18.2 Å². The summed E-state index contributed by atoms with van der Waals surface area (Å²) in [5, 5.41) is 5.94. The van der Waals surface area contributed by atoms with Gasteiger partial charge in [0.1, 0.15) is 5.69 Å². The molecule has 0 aliphatic heterocycles. The smallest absolute Gasteiger partial charge is 0.270 e. The van der Waals surface area contributed by atoms with E-state index in [9.17, 15) is 4.79 Å². The molecule has 5 heteroatoms. The second kappa shape index (κ2) is 7.99. The Labute approximate surface area is 124 Å². The summed E-state index contributed by atoms with van der Waals surface area (Å²) in [7, 11) is 0. The molecule has 1 aromatic carbocycles. The molecular weight excluding hydrogens is 264 g/mol.